The molecule has 14 heavy (non-hydrogen) atoms. The second-order valence-electron chi connectivity index (χ2n) is 3.44. The molecule has 0 aliphatic rings. The number of hydrogen-bond donors (Lipinski definition) is 1. The molecule has 0 spiro atoms. The zero-order valence-corrected chi connectivity index (χ0v) is 9.08. The van der Waals surface area contributed by atoms with Crippen LogP contribution >= 0.6 is 0 Å². The van der Waals surface area contributed by atoms with Crippen LogP contribution in [0.5, 0.6) is 0 Å². The van der Waals surface area contributed by atoms with Gasteiger partial charge >= 0.3 is 0 Å². The van der Waals surface area contributed by atoms with Gasteiger partial charge in [0.1, 0.15) is 5.54 Å². The Labute approximate surface area is 86.0 Å². The van der Waals surface area contributed by atoms with E-state index in [1.54, 1.807) is 6.92 Å². The Balaban J connectivity index is 3.18. The van der Waals surface area contributed by atoms with E-state index < -0.39 is 5.54 Å². The first-order valence-electron chi connectivity index (χ1n) is 4.98. The summed E-state index contributed by atoms with van der Waals surface area (Å²) in [4.78, 5) is 0. The van der Waals surface area contributed by atoms with Crippen molar-refractivity contribution < 1.29 is 9.47 Å². The van der Waals surface area contributed by atoms with Crippen molar-refractivity contribution in [1.29, 1.82) is 5.26 Å². The third kappa shape index (κ3) is 7.99. The van der Waals surface area contributed by atoms with E-state index in [0.29, 0.717) is 26.2 Å². The van der Waals surface area contributed by atoms with Gasteiger partial charge in [-0.3, -0.25) is 0 Å². The van der Waals surface area contributed by atoms with Gasteiger partial charge in [0.25, 0.3) is 0 Å². The fourth-order valence-electron chi connectivity index (χ4n) is 0.962. The van der Waals surface area contributed by atoms with Crippen molar-refractivity contribution in [2.24, 2.45) is 5.73 Å². The molecule has 0 amide bonds. The van der Waals surface area contributed by atoms with E-state index in [-0.39, 0.29) is 0 Å². The minimum absolute atomic E-state index is 0.613. The Morgan fingerprint density at radius 2 is 1.93 bits per heavy atom. The maximum Gasteiger partial charge on any atom is 0.101 e. The van der Waals surface area contributed by atoms with Crippen LogP contribution in [-0.2, 0) is 9.47 Å². The largest absolute Gasteiger partial charge is 0.379 e. The Hall–Kier alpha value is -0.630. The molecule has 0 aliphatic carbocycles. The van der Waals surface area contributed by atoms with E-state index in [4.69, 9.17) is 20.5 Å². The quantitative estimate of drug-likeness (QED) is 0.595. The number of rotatable bonds is 8. The predicted molar refractivity (Wildman–Crippen MR) is 54.8 cm³/mol. The summed E-state index contributed by atoms with van der Waals surface area (Å²) in [5, 5.41) is 8.63. The van der Waals surface area contributed by atoms with Gasteiger partial charge in [-0.05, 0) is 26.7 Å². The summed E-state index contributed by atoms with van der Waals surface area (Å²) in [6.07, 6.45) is 1.48. The minimum atomic E-state index is -0.719. The molecule has 0 aliphatic heterocycles. The molecule has 0 fully saturated rings. The molecular weight excluding hydrogens is 180 g/mol. The van der Waals surface area contributed by atoms with Crippen molar-refractivity contribution in [2.45, 2.75) is 32.2 Å². The highest BCUT2D eigenvalue weighted by molar-refractivity contribution is 5.00. The van der Waals surface area contributed by atoms with E-state index in [0.717, 1.165) is 13.0 Å². The van der Waals surface area contributed by atoms with Crippen LogP contribution in [0.1, 0.15) is 26.7 Å². The third-order valence-electron chi connectivity index (χ3n) is 1.82. The van der Waals surface area contributed by atoms with E-state index in [1.165, 1.54) is 0 Å². The summed E-state index contributed by atoms with van der Waals surface area (Å²) < 4.78 is 10.4. The summed E-state index contributed by atoms with van der Waals surface area (Å²) in [6.45, 7) is 6.29. The highest BCUT2D eigenvalue weighted by atomic mass is 16.5. The average molecular weight is 200 g/mol. The zero-order valence-electron chi connectivity index (χ0n) is 9.08. The van der Waals surface area contributed by atoms with Crippen LogP contribution < -0.4 is 5.73 Å². The fraction of sp³-hybridized carbons (Fsp3) is 0.900. The molecule has 0 radical (unpaired) electrons. The molecule has 4 heteroatoms. The topological polar surface area (TPSA) is 68.3 Å². The SMILES string of the molecule is CCOCCOCCCC(C)(N)C#N. The Bertz CT molecular complexity index is 175. The van der Waals surface area contributed by atoms with Crippen LogP contribution in [0.25, 0.3) is 0 Å². The van der Waals surface area contributed by atoms with E-state index in [1.807, 2.05) is 6.92 Å². The van der Waals surface area contributed by atoms with Gasteiger partial charge < -0.3 is 15.2 Å². The first-order chi connectivity index (χ1) is 6.62. The molecule has 0 saturated carbocycles. The minimum Gasteiger partial charge on any atom is -0.379 e. The number of ether oxygens (including phenoxy) is 2. The lowest BCUT2D eigenvalue weighted by atomic mass is 10.00. The molecule has 1 atom stereocenters. The molecule has 0 bridgehead atoms. The van der Waals surface area contributed by atoms with Gasteiger partial charge in [0.2, 0.25) is 0 Å². The van der Waals surface area contributed by atoms with Crippen molar-refractivity contribution in [3.05, 3.63) is 0 Å². The molecule has 0 heterocycles. The predicted octanol–water partition coefficient (Wildman–Crippen LogP) is 1.06. The maximum absolute atomic E-state index is 8.63. The number of nitrogens with zero attached hydrogens (tertiary/aromatic N) is 1. The first-order valence-corrected chi connectivity index (χ1v) is 4.98. The zero-order chi connectivity index (χ0) is 10.9. The molecule has 0 saturated heterocycles. The molecule has 0 aromatic rings. The monoisotopic (exact) mass is 200 g/mol. The lowest BCUT2D eigenvalue weighted by Crippen LogP contribution is -2.34. The average Bonchev–Trinajstić information content (AvgIpc) is 2.16. The summed E-state index contributed by atoms with van der Waals surface area (Å²) in [6, 6.07) is 2.05. The third-order valence-corrected chi connectivity index (χ3v) is 1.82. The van der Waals surface area contributed by atoms with Gasteiger partial charge in [0.05, 0.1) is 19.3 Å². The second-order valence-corrected chi connectivity index (χ2v) is 3.44. The molecule has 1 unspecified atom stereocenters. The Kier molecular flexibility index (Phi) is 7.40. The van der Waals surface area contributed by atoms with Crippen LogP contribution in [0.4, 0.5) is 0 Å². The van der Waals surface area contributed by atoms with E-state index >= 15 is 0 Å². The van der Waals surface area contributed by atoms with Crippen molar-refractivity contribution in [1.82, 2.24) is 0 Å². The summed E-state index contributed by atoms with van der Waals surface area (Å²) in [7, 11) is 0. The van der Waals surface area contributed by atoms with E-state index in [9.17, 15) is 0 Å². The lowest BCUT2D eigenvalue weighted by Gasteiger charge is -2.14. The highest BCUT2D eigenvalue weighted by Gasteiger charge is 2.15. The normalized spacial score (nSPS) is 14.7. The molecule has 0 rings (SSSR count). The first kappa shape index (κ1) is 13.4. The second kappa shape index (κ2) is 7.74. The summed E-state index contributed by atoms with van der Waals surface area (Å²) in [5.74, 6) is 0. The fourth-order valence-corrected chi connectivity index (χ4v) is 0.962. The number of hydrogen-bond acceptors (Lipinski definition) is 4. The Morgan fingerprint density at radius 3 is 2.50 bits per heavy atom. The van der Waals surface area contributed by atoms with Crippen LogP contribution in [-0.4, -0.2) is 32.0 Å². The molecule has 0 aromatic heterocycles. The van der Waals surface area contributed by atoms with Crippen molar-refractivity contribution in [2.75, 3.05) is 26.4 Å². The van der Waals surface area contributed by atoms with Crippen LogP contribution in [0.15, 0.2) is 0 Å². The van der Waals surface area contributed by atoms with Crippen molar-refractivity contribution in [3.8, 4) is 6.07 Å². The highest BCUT2D eigenvalue weighted by Crippen LogP contribution is 2.06. The van der Waals surface area contributed by atoms with Gasteiger partial charge in [-0.25, -0.2) is 0 Å². The molecule has 82 valence electrons. The number of nitrogens with two attached hydrogens (primary N) is 1. The molecule has 2 N–H and O–H groups in total. The Morgan fingerprint density at radius 1 is 1.29 bits per heavy atom. The summed E-state index contributed by atoms with van der Waals surface area (Å²) >= 11 is 0. The van der Waals surface area contributed by atoms with Gasteiger partial charge in [0, 0.05) is 13.2 Å². The van der Waals surface area contributed by atoms with Crippen LogP contribution in [0.2, 0.25) is 0 Å². The smallest absolute Gasteiger partial charge is 0.101 e. The van der Waals surface area contributed by atoms with Gasteiger partial charge in [-0.15, -0.1) is 0 Å². The molecular formula is C10H20N2O2. The van der Waals surface area contributed by atoms with Crippen molar-refractivity contribution in [3.63, 3.8) is 0 Å². The molecule has 4 nitrogen and oxygen atoms in total. The van der Waals surface area contributed by atoms with Crippen molar-refractivity contribution >= 4 is 0 Å². The van der Waals surface area contributed by atoms with Crippen LogP contribution in [0, 0.1) is 11.3 Å². The maximum atomic E-state index is 8.63. The number of nitriles is 1. The van der Waals surface area contributed by atoms with Crippen LogP contribution in [0.3, 0.4) is 0 Å². The standard InChI is InChI=1S/C10H20N2O2/c1-3-13-7-8-14-6-4-5-10(2,12)9-11/h3-8,12H2,1-2H3. The van der Waals surface area contributed by atoms with E-state index in [2.05, 4.69) is 6.07 Å². The lowest BCUT2D eigenvalue weighted by molar-refractivity contribution is 0.0505. The van der Waals surface area contributed by atoms with Gasteiger partial charge in [-0.2, -0.15) is 5.26 Å². The summed E-state index contributed by atoms with van der Waals surface area (Å²) in [5.41, 5.74) is 4.92. The molecule has 0 aromatic carbocycles. The van der Waals surface area contributed by atoms with Gasteiger partial charge in [-0.1, -0.05) is 0 Å². The van der Waals surface area contributed by atoms with Gasteiger partial charge in [0.15, 0.2) is 0 Å².